The van der Waals surface area contributed by atoms with Crippen LogP contribution in [0.3, 0.4) is 0 Å². The Labute approximate surface area is 107 Å². The molecule has 4 N–H and O–H groups in total. The fraction of sp³-hybridized carbons (Fsp3) is 0.462. The first-order valence-corrected chi connectivity index (χ1v) is 5.69. The molecule has 0 fully saturated rings. The molecule has 0 saturated carbocycles. The van der Waals surface area contributed by atoms with Gasteiger partial charge < -0.3 is 20.9 Å². The van der Waals surface area contributed by atoms with Crippen LogP contribution in [0.5, 0.6) is 11.5 Å². The first-order valence-electron chi connectivity index (χ1n) is 5.69. The molecule has 0 radical (unpaired) electrons. The van der Waals surface area contributed by atoms with Gasteiger partial charge in [-0.1, -0.05) is 20.8 Å². The van der Waals surface area contributed by atoms with Crippen LogP contribution in [0.1, 0.15) is 20.8 Å². The predicted molar refractivity (Wildman–Crippen MR) is 70.7 cm³/mol. The summed E-state index contributed by atoms with van der Waals surface area (Å²) >= 11 is 0. The van der Waals surface area contributed by atoms with Gasteiger partial charge in [-0.2, -0.15) is 0 Å². The molecule has 100 valence electrons. The van der Waals surface area contributed by atoms with E-state index in [2.05, 4.69) is 5.32 Å². The van der Waals surface area contributed by atoms with E-state index in [9.17, 15) is 9.90 Å². The molecule has 0 heterocycles. The summed E-state index contributed by atoms with van der Waals surface area (Å²) in [5, 5.41) is 12.3. The zero-order valence-corrected chi connectivity index (χ0v) is 11.2. The van der Waals surface area contributed by atoms with Crippen molar-refractivity contribution in [2.24, 2.45) is 11.1 Å². The monoisotopic (exact) mass is 252 g/mol. The molecule has 1 aromatic carbocycles. The second-order valence-electron chi connectivity index (χ2n) is 5.22. The van der Waals surface area contributed by atoms with Crippen molar-refractivity contribution in [1.29, 1.82) is 0 Å². The van der Waals surface area contributed by atoms with Gasteiger partial charge in [0, 0.05) is 6.07 Å². The predicted octanol–water partition coefficient (Wildman–Crippen LogP) is 1.71. The van der Waals surface area contributed by atoms with Crippen LogP contribution in [-0.2, 0) is 4.79 Å². The smallest absolute Gasteiger partial charge is 0.241 e. The summed E-state index contributed by atoms with van der Waals surface area (Å²) in [6.45, 7) is 5.64. The first kappa shape index (κ1) is 14.3. The highest BCUT2D eigenvalue weighted by Gasteiger charge is 2.27. The van der Waals surface area contributed by atoms with Gasteiger partial charge in [0.25, 0.3) is 0 Å². The number of hydrogen-bond acceptors (Lipinski definition) is 4. The number of amides is 1. The van der Waals surface area contributed by atoms with Gasteiger partial charge >= 0.3 is 0 Å². The van der Waals surface area contributed by atoms with Crippen molar-refractivity contribution in [3.05, 3.63) is 18.2 Å². The van der Waals surface area contributed by atoms with E-state index in [0.29, 0.717) is 11.4 Å². The number of anilines is 1. The molecule has 0 saturated heterocycles. The van der Waals surface area contributed by atoms with Crippen LogP contribution in [-0.4, -0.2) is 24.2 Å². The number of rotatable bonds is 3. The third-order valence-corrected chi connectivity index (χ3v) is 2.68. The maximum Gasteiger partial charge on any atom is 0.241 e. The Morgan fingerprint density at radius 3 is 2.50 bits per heavy atom. The van der Waals surface area contributed by atoms with Gasteiger partial charge in [-0.25, -0.2) is 0 Å². The van der Waals surface area contributed by atoms with Crippen molar-refractivity contribution >= 4 is 11.6 Å². The van der Waals surface area contributed by atoms with Crippen LogP contribution in [0.4, 0.5) is 5.69 Å². The summed E-state index contributed by atoms with van der Waals surface area (Å²) in [6.07, 6.45) is 0. The van der Waals surface area contributed by atoms with E-state index in [4.69, 9.17) is 10.5 Å². The summed E-state index contributed by atoms with van der Waals surface area (Å²) in [5.74, 6) is 0.136. The van der Waals surface area contributed by atoms with Crippen molar-refractivity contribution in [3.8, 4) is 11.5 Å². The van der Waals surface area contributed by atoms with Gasteiger partial charge in [0.05, 0.1) is 18.8 Å². The van der Waals surface area contributed by atoms with E-state index in [1.54, 1.807) is 12.1 Å². The van der Waals surface area contributed by atoms with E-state index >= 15 is 0 Å². The van der Waals surface area contributed by atoms with E-state index < -0.39 is 6.04 Å². The number of phenolic OH excluding ortho intramolecular Hbond substituents is 1. The maximum absolute atomic E-state index is 11.9. The highest BCUT2D eigenvalue weighted by molar-refractivity contribution is 5.96. The molecule has 1 rings (SSSR count). The van der Waals surface area contributed by atoms with Crippen LogP contribution in [0.25, 0.3) is 0 Å². The number of carbonyl (C=O) groups excluding carboxylic acids is 1. The molecule has 0 aromatic heterocycles. The Hall–Kier alpha value is -1.75. The minimum atomic E-state index is -0.654. The van der Waals surface area contributed by atoms with Crippen molar-refractivity contribution in [3.63, 3.8) is 0 Å². The van der Waals surface area contributed by atoms with Crippen LogP contribution in [0.15, 0.2) is 18.2 Å². The summed E-state index contributed by atoms with van der Waals surface area (Å²) in [6, 6.07) is 4.00. The first-order chi connectivity index (χ1) is 8.25. The number of ether oxygens (including phenoxy) is 1. The lowest BCUT2D eigenvalue weighted by Gasteiger charge is -2.25. The zero-order valence-electron chi connectivity index (χ0n) is 11.2. The van der Waals surface area contributed by atoms with E-state index in [0.717, 1.165) is 0 Å². The van der Waals surface area contributed by atoms with Gasteiger partial charge in [-0.15, -0.1) is 0 Å². The molecular formula is C13H20N2O3. The van der Waals surface area contributed by atoms with Gasteiger partial charge in [0.15, 0.2) is 0 Å². The van der Waals surface area contributed by atoms with Gasteiger partial charge in [-0.3, -0.25) is 4.79 Å². The highest BCUT2D eigenvalue weighted by Crippen LogP contribution is 2.28. The Morgan fingerprint density at radius 2 is 2.06 bits per heavy atom. The molecule has 1 aromatic rings. The number of hydrogen-bond donors (Lipinski definition) is 3. The third-order valence-electron chi connectivity index (χ3n) is 2.68. The lowest BCUT2D eigenvalue weighted by Crippen LogP contribution is -2.45. The molecule has 0 aliphatic heterocycles. The molecule has 1 amide bonds. The number of nitrogens with one attached hydrogen (secondary N) is 1. The molecular weight excluding hydrogens is 232 g/mol. The van der Waals surface area contributed by atoms with Crippen molar-refractivity contribution in [2.75, 3.05) is 12.4 Å². The maximum atomic E-state index is 11.9. The van der Waals surface area contributed by atoms with E-state index in [1.807, 2.05) is 20.8 Å². The van der Waals surface area contributed by atoms with Crippen LogP contribution in [0, 0.1) is 5.41 Å². The second-order valence-corrected chi connectivity index (χ2v) is 5.22. The number of nitrogens with two attached hydrogens (primary N) is 1. The number of carbonyl (C=O) groups is 1. The van der Waals surface area contributed by atoms with Crippen molar-refractivity contribution in [2.45, 2.75) is 26.8 Å². The minimum Gasteiger partial charge on any atom is -0.506 e. The summed E-state index contributed by atoms with van der Waals surface area (Å²) < 4.78 is 4.96. The normalized spacial score (nSPS) is 12.9. The quantitative estimate of drug-likeness (QED) is 0.715. The molecule has 5 nitrogen and oxygen atoms in total. The molecule has 1 atom stereocenters. The molecule has 0 spiro atoms. The number of methoxy groups -OCH3 is 1. The number of phenols is 1. The molecule has 0 bridgehead atoms. The zero-order chi connectivity index (χ0) is 13.9. The SMILES string of the molecule is COc1ccc(NC(=O)C(N)C(C)(C)C)c(O)c1. The molecule has 18 heavy (non-hydrogen) atoms. The largest absolute Gasteiger partial charge is 0.506 e. The Bertz CT molecular complexity index is 438. The summed E-state index contributed by atoms with van der Waals surface area (Å²) in [4.78, 5) is 11.9. The van der Waals surface area contributed by atoms with Crippen LogP contribution >= 0.6 is 0 Å². The average molecular weight is 252 g/mol. The van der Waals surface area contributed by atoms with Crippen LogP contribution < -0.4 is 15.8 Å². The van der Waals surface area contributed by atoms with Crippen LogP contribution in [0.2, 0.25) is 0 Å². The molecule has 5 heteroatoms. The van der Waals surface area contributed by atoms with Gasteiger partial charge in [-0.05, 0) is 17.5 Å². The van der Waals surface area contributed by atoms with Crippen molar-refractivity contribution in [1.82, 2.24) is 0 Å². The lowest BCUT2D eigenvalue weighted by molar-refractivity contribution is -0.119. The standard InChI is InChI=1S/C13H20N2O3/c1-13(2,3)11(14)12(17)15-9-6-5-8(18-4)7-10(9)16/h5-7,11,16H,14H2,1-4H3,(H,15,17). The average Bonchev–Trinajstić information content (AvgIpc) is 2.29. The fourth-order valence-electron chi connectivity index (χ4n) is 1.35. The summed E-state index contributed by atoms with van der Waals surface area (Å²) in [7, 11) is 1.50. The van der Waals surface area contributed by atoms with E-state index in [1.165, 1.54) is 13.2 Å². The third kappa shape index (κ3) is 3.37. The highest BCUT2D eigenvalue weighted by atomic mass is 16.5. The van der Waals surface area contributed by atoms with Gasteiger partial charge in [0.1, 0.15) is 11.5 Å². The topological polar surface area (TPSA) is 84.6 Å². The Balaban J connectivity index is 2.83. The van der Waals surface area contributed by atoms with Gasteiger partial charge in [0.2, 0.25) is 5.91 Å². The fourth-order valence-corrected chi connectivity index (χ4v) is 1.35. The molecule has 1 unspecified atom stereocenters. The van der Waals surface area contributed by atoms with E-state index in [-0.39, 0.29) is 17.1 Å². The lowest BCUT2D eigenvalue weighted by atomic mass is 9.87. The minimum absolute atomic E-state index is 0.0520. The number of aromatic hydroxyl groups is 1. The molecule has 0 aliphatic rings. The Kier molecular flexibility index (Phi) is 4.19. The summed E-state index contributed by atoms with van der Waals surface area (Å²) in [5.41, 5.74) is 5.81. The second kappa shape index (κ2) is 5.27. The Morgan fingerprint density at radius 1 is 1.44 bits per heavy atom. The molecule has 0 aliphatic carbocycles. The van der Waals surface area contributed by atoms with Crippen molar-refractivity contribution < 1.29 is 14.6 Å². The number of benzene rings is 1.